The van der Waals surface area contributed by atoms with E-state index < -0.39 is 0 Å². The summed E-state index contributed by atoms with van der Waals surface area (Å²) in [6.45, 7) is 9.43. The largest absolute Gasteiger partial charge is 0.313 e. The number of hydrogen-bond donors (Lipinski definition) is 1. The van der Waals surface area contributed by atoms with Crippen LogP contribution in [0.5, 0.6) is 0 Å². The monoisotopic (exact) mass is 273 g/mol. The second kappa shape index (κ2) is 6.30. The molecule has 1 aliphatic rings. The third-order valence-corrected chi connectivity index (χ3v) is 5.04. The van der Waals surface area contributed by atoms with E-state index in [0.717, 1.165) is 11.8 Å². The van der Waals surface area contributed by atoms with Crippen LogP contribution in [0.1, 0.15) is 64.1 Å². The van der Waals surface area contributed by atoms with Crippen LogP contribution in [0.4, 0.5) is 0 Å². The van der Waals surface area contributed by atoms with Crippen molar-refractivity contribution in [3.8, 4) is 0 Å². The quantitative estimate of drug-likeness (QED) is 0.798. The Kier molecular flexibility index (Phi) is 4.90. The number of rotatable bonds is 5. The van der Waals surface area contributed by atoms with Crippen LogP contribution < -0.4 is 5.32 Å². The Balaban J connectivity index is 2.15. The predicted molar refractivity (Wildman–Crippen MR) is 87.9 cm³/mol. The molecule has 1 heteroatoms. The maximum Gasteiger partial charge on any atom is 0.0351 e. The second-order valence-corrected chi connectivity index (χ2v) is 7.59. The van der Waals surface area contributed by atoms with Crippen LogP contribution in [0.3, 0.4) is 0 Å². The van der Waals surface area contributed by atoms with Crippen molar-refractivity contribution in [1.82, 2.24) is 5.32 Å². The molecule has 1 aromatic carbocycles. The zero-order valence-electron chi connectivity index (χ0n) is 13.9. The highest BCUT2D eigenvalue weighted by molar-refractivity contribution is 5.26. The fourth-order valence-corrected chi connectivity index (χ4v) is 3.90. The standard InChI is InChI=1S/C19H31N/c1-14(2)13-15-8-10-16(11-9-15)18(20-5)17-7-6-12-19(17,3)4/h8-11,14,17-18,20H,6-7,12-13H2,1-5H3. The Labute approximate surface area is 125 Å². The van der Waals surface area contributed by atoms with Crippen molar-refractivity contribution in [2.75, 3.05) is 7.05 Å². The molecule has 0 radical (unpaired) electrons. The molecule has 0 aromatic heterocycles. The van der Waals surface area contributed by atoms with Crippen molar-refractivity contribution < 1.29 is 0 Å². The van der Waals surface area contributed by atoms with Gasteiger partial charge in [-0.15, -0.1) is 0 Å². The number of hydrogen-bond acceptors (Lipinski definition) is 1. The molecule has 2 atom stereocenters. The summed E-state index contributed by atoms with van der Waals surface area (Å²) in [5.41, 5.74) is 3.38. The molecule has 1 aliphatic carbocycles. The van der Waals surface area contributed by atoms with Gasteiger partial charge in [0.2, 0.25) is 0 Å². The highest BCUT2D eigenvalue weighted by atomic mass is 14.9. The lowest BCUT2D eigenvalue weighted by Gasteiger charge is -2.34. The van der Waals surface area contributed by atoms with Crippen LogP contribution in [-0.2, 0) is 6.42 Å². The normalized spacial score (nSPS) is 23.2. The van der Waals surface area contributed by atoms with Gasteiger partial charge in [0, 0.05) is 6.04 Å². The van der Waals surface area contributed by atoms with Gasteiger partial charge in [0.1, 0.15) is 0 Å². The van der Waals surface area contributed by atoms with Gasteiger partial charge in [-0.2, -0.15) is 0 Å². The minimum atomic E-state index is 0.463. The molecule has 0 spiro atoms. The van der Waals surface area contributed by atoms with Crippen LogP contribution in [0.25, 0.3) is 0 Å². The smallest absolute Gasteiger partial charge is 0.0351 e. The van der Waals surface area contributed by atoms with Gasteiger partial charge in [-0.25, -0.2) is 0 Å². The molecule has 1 N–H and O–H groups in total. The van der Waals surface area contributed by atoms with Crippen LogP contribution in [0, 0.1) is 17.3 Å². The number of benzene rings is 1. The molecule has 1 aromatic rings. The molecular weight excluding hydrogens is 242 g/mol. The minimum absolute atomic E-state index is 0.463. The zero-order chi connectivity index (χ0) is 14.8. The lowest BCUT2D eigenvalue weighted by molar-refractivity contribution is 0.203. The first-order valence-electron chi connectivity index (χ1n) is 8.20. The lowest BCUT2D eigenvalue weighted by Crippen LogP contribution is -2.32. The fraction of sp³-hybridized carbons (Fsp3) is 0.684. The van der Waals surface area contributed by atoms with Crippen molar-refractivity contribution in [2.24, 2.45) is 17.3 Å². The predicted octanol–water partition coefficient (Wildman–Crippen LogP) is 4.97. The summed E-state index contributed by atoms with van der Waals surface area (Å²) in [6, 6.07) is 9.82. The SMILES string of the molecule is CNC(c1ccc(CC(C)C)cc1)C1CCCC1(C)C. The van der Waals surface area contributed by atoms with Crippen molar-refractivity contribution in [3.63, 3.8) is 0 Å². The summed E-state index contributed by atoms with van der Waals surface area (Å²) < 4.78 is 0. The van der Waals surface area contributed by atoms with E-state index in [4.69, 9.17) is 0 Å². The Morgan fingerprint density at radius 1 is 1.20 bits per heavy atom. The van der Waals surface area contributed by atoms with Crippen molar-refractivity contribution in [2.45, 2.75) is 59.4 Å². The van der Waals surface area contributed by atoms with E-state index in [-0.39, 0.29) is 0 Å². The van der Waals surface area contributed by atoms with E-state index in [1.165, 1.54) is 36.8 Å². The Bertz CT molecular complexity index is 416. The highest BCUT2D eigenvalue weighted by Crippen LogP contribution is 2.48. The molecule has 0 heterocycles. The van der Waals surface area contributed by atoms with Crippen molar-refractivity contribution in [1.29, 1.82) is 0 Å². The van der Waals surface area contributed by atoms with Crippen LogP contribution in [0.15, 0.2) is 24.3 Å². The van der Waals surface area contributed by atoms with Gasteiger partial charge in [-0.1, -0.05) is 58.4 Å². The molecule has 1 nitrogen and oxygen atoms in total. The highest BCUT2D eigenvalue weighted by Gasteiger charge is 2.39. The first-order chi connectivity index (χ1) is 9.44. The molecule has 0 amide bonds. The van der Waals surface area contributed by atoms with Gasteiger partial charge in [-0.05, 0) is 54.7 Å². The summed E-state index contributed by atoms with van der Waals surface area (Å²) in [6.07, 6.45) is 5.27. The summed E-state index contributed by atoms with van der Waals surface area (Å²) >= 11 is 0. The molecule has 0 aliphatic heterocycles. The first-order valence-corrected chi connectivity index (χ1v) is 8.20. The van der Waals surface area contributed by atoms with Crippen molar-refractivity contribution >= 4 is 0 Å². The van der Waals surface area contributed by atoms with Gasteiger partial charge in [-0.3, -0.25) is 0 Å². The van der Waals surface area contributed by atoms with Gasteiger partial charge in [0.15, 0.2) is 0 Å². The Morgan fingerprint density at radius 2 is 1.85 bits per heavy atom. The van der Waals surface area contributed by atoms with Crippen molar-refractivity contribution in [3.05, 3.63) is 35.4 Å². The Morgan fingerprint density at radius 3 is 2.30 bits per heavy atom. The summed E-state index contributed by atoms with van der Waals surface area (Å²) in [4.78, 5) is 0. The maximum atomic E-state index is 3.58. The molecule has 1 fully saturated rings. The topological polar surface area (TPSA) is 12.0 Å². The molecule has 0 bridgehead atoms. The first kappa shape index (κ1) is 15.6. The van der Waals surface area contributed by atoms with Gasteiger partial charge < -0.3 is 5.32 Å². The number of nitrogens with one attached hydrogen (secondary N) is 1. The van der Waals surface area contributed by atoms with E-state index in [9.17, 15) is 0 Å². The zero-order valence-corrected chi connectivity index (χ0v) is 13.9. The van der Waals surface area contributed by atoms with E-state index in [1.807, 2.05) is 0 Å². The minimum Gasteiger partial charge on any atom is -0.313 e. The third kappa shape index (κ3) is 3.44. The average molecular weight is 273 g/mol. The summed E-state index contributed by atoms with van der Waals surface area (Å²) in [5, 5.41) is 3.58. The third-order valence-electron chi connectivity index (χ3n) is 5.04. The molecule has 0 saturated heterocycles. The summed E-state index contributed by atoms with van der Waals surface area (Å²) in [5.74, 6) is 1.48. The Hall–Kier alpha value is -0.820. The van der Waals surface area contributed by atoms with Gasteiger partial charge in [0.25, 0.3) is 0 Å². The molecular formula is C19H31N. The average Bonchev–Trinajstić information content (AvgIpc) is 2.72. The molecule has 20 heavy (non-hydrogen) atoms. The van der Waals surface area contributed by atoms with E-state index in [2.05, 4.69) is 64.3 Å². The summed E-state index contributed by atoms with van der Waals surface area (Å²) in [7, 11) is 2.11. The second-order valence-electron chi connectivity index (χ2n) is 7.59. The van der Waals surface area contributed by atoms with Crippen LogP contribution in [-0.4, -0.2) is 7.05 Å². The van der Waals surface area contributed by atoms with Crippen LogP contribution in [0.2, 0.25) is 0 Å². The van der Waals surface area contributed by atoms with E-state index >= 15 is 0 Å². The van der Waals surface area contributed by atoms with Crippen LogP contribution >= 0.6 is 0 Å². The van der Waals surface area contributed by atoms with Gasteiger partial charge in [0.05, 0.1) is 0 Å². The van der Waals surface area contributed by atoms with E-state index in [1.54, 1.807) is 0 Å². The molecule has 112 valence electrons. The molecule has 2 rings (SSSR count). The molecule has 2 unspecified atom stereocenters. The maximum absolute atomic E-state index is 3.58. The fourth-order valence-electron chi connectivity index (χ4n) is 3.90. The van der Waals surface area contributed by atoms with E-state index in [0.29, 0.717) is 11.5 Å². The lowest BCUT2D eigenvalue weighted by atomic mass is 9.75. The molecule has 1 saturated carbocycles. The van der Waals surface area contributed by atoms with Gasteiger partial charge >= 0.3 is 0 Å².